The molecule has 1 saturated carbocycles. The Morgan fingerprint density at radius 2 is 1.95 bits per heavy atom. The molecule has 1 aromatic carbocycles. The molecule has 1 aliphatic heterocycles. The first kappa shape index (κ1) is 13.9. The molecule has 0 atom stereocenters. The zero-order chi connectivity index (χ0) is 14.2. The molecular formula is C15H22N2O2S. The average Bonchev–Trinajstić information content (AvgIpc) is 3.21. The fourth-order valence-corrected chi connectivity index (χ4v) is 3.89. The van der Waals surface area contributed by atoms with Crippen LogP contribution >= 0.6 is 0 Å². The molecule has 2 fully saturated rings. The van der Waals surface area contributed by atoms with E-state index in [9.17, 15) is 8.42 Å². The molecule has 0 unspecified atom stereocenters. The van der Waals surface area contributed by atoms with Gasteiger partial charge in [0.05, 0.1) is 11.5 Å². The number of nitrogens with one attached hydrogen (secondary N) is 1. The number of nitrogens with zero attached hydrogens (tertiary/aromatic N) is 1. The van der Waals surface area contributed by atoms with Gasteiger partial charge in [-0.05, 0) is 37.0 Å². The van der Waals surface area contributed by atoms with Crippen molar-refractivity contribution in [3.63, 3.8) is 0 Å². The Bertz CT molecular complexity index is 580. The maximum Gasteiger partial charge on any atom is 0.153 e. The van der Waals surface area contributed by atoms with Crippen molar-refractivity contribution in [1.82, 2.24) is 5.32 Å². The van der Waals surface area contributed by atoms with E-state index in [1.165, 1.54) is 29.7 Å². The molecule has 5 heteroatoms. The van der Waals surface area contributed by atoms with Crippen molar-refractivity contribution in [2.45, 2.75) is 32.4 Å². The summed E-state index contributed by atoms with van der Waals surface area (Å²) < 4.78 is 23.0. The summed E-state index contributed by atoms with van der Waals surface area (Å²) in [5, 5.41) is 3.52. The van der Waals surface area contributed by atoms with Crippen LogP contribution in [0.4, 0.5) is 5.69 Å². The van der Waals surface area contributed by atoms with Gasteiger partial charge in [0.2, 0.25) is 0 Å². The molecule has 1 aromatic rings. The van der Waals surface area contributed by atoms with Crippen LogP contribution in [0, 0.1) is 6.92 Å². The second kappa shape index (κ2) is 5.37. The van der Waals surface area contributed by atoms with E-state index in [0.29, 0.717) is 13.1 Å². The van der Waals surface area contributed by atoms with E-state index in [2.05, 4.69) is 35.3 Å². The number of benzene rings is 1. The Balaban J connectivity index is 1.67. The maximum atomic E-state index is 11.5. The third-order valence-corrected chi connectivity index (χ3v) is 5.73. The van der Waals surface area contributed by atoms with Gasteiger partial charge in [-0.15, -0.1) is 0 Å². The number of sulfone groups is 1. The fraction of sp³-hybridized carbons (Fsp3) is 0.600. The first-order valence-corrected chi connectivity index (χ1v) is 9.14. The van der Waals surface area contributed by atoms with E-state index in [4.69, 9.17) is 0 Å². The maximum absolute atomic E-state index is 11.5. The number of hydrogen-bond acceptors (Lipinski definition) is 4. The van der Waals surface area contributed by atoms with Gasteiger partial charge in [0.1, 0.15) is 0 Å². The summed E-state index contributed by atoms with van der Waals surface area (Å²) >= 11 is 0. The molecule has 1 saturated heterocycles. The van der Waals surface area contributed by atoms with Crippen LogP contribution < -0.4 is 10.2 Å². The zero-order valence-corrected chi connectivity index (χ0v) is 12.7. The van der Waals surface area contributed by atoms with Gasteiger partial charge in [-0.1, -0.05) is 12.1 Å². The van der Waals surface area contributed by atoms with E-state index in [0.717, 1.165) is 12.6 Å². The average molecular weight is 294 g/mol. The van der Waals surface area contributed by atoms with Crippen molar-refractivity contribution in [2.24, 2.45) is 0 Å². The lowest BCUT2D eigenvalue weighted by molar-refractivity contribution is 0.586. The SMILES string of the molecule is Cc1cc(CNC2CC2)ccc1N1CCS(=O)(=O)CC1. The highest BCUT2D eigenvalue weighted by molar-refractivity contribution is 7.91. The van der Waals surface area contributed by atoms with E-state index in [1.54, 1.807) is 0 Å². The molecule has 4 nitrogen and oxygen atoms in total. The van der Waals surface area contributed by atoms with Gasteiger partial charge in [-0.25, -0.2) is 8.42 Å². The van der Waals surface area contributed by atoms with Crippen LogP contribution in [-0.2, 0) is 16.4 Å². The standard InChI is InChI=1S/C15H22N2O2S/c1-12-10-13(11-16-14-3-4-14)2-5-15(12)17-6-8-20(18,19)9-7-17/h2,5,10,14,16H,3-4,6-9,11H2,1H3. The number of anilines is 1. The third kappa shape index (κ3) is 3.33. The largest absolute Gasteiger partial charge is 0.369 e. The van der Waals surface area contributed by atoms with Crippen LogP contribution in [0.15, 0.2) is 18.2 Å². The summed E-state index contributed by atoms with van der Waals surface area (Å²) in [6, 6.07) is 7.23. The Morgan fingerprint density at radius 1 is 1.25 bits per heavy atom. The minimum Gasteiger partial charge on any atom is -0.369 e. The monoisotopic (exact) mass is 294 g/mol. The predicted octanol–water partition coefficient (Wildman–Crippen LogP) is 1.48. The van der Waals surface area contributed by atoms with Crippen molar-refractivity contribution >= 4 is 15.5 Å². The van der Waals surface area contributed by atoms with Crippen LogP contribution in [0.2, 0.25) is 0 Å². The van der Waals surface area contributed by atoms with Crippen LogP contribution in [0.5, 0.6) is 0 Å². The van der Waals surface area contributed by atoms with Crippen molar-refractivity contribution in [2.75, 3.05) is 29.5 Å². The molecule has 0 aromatic heterocycles. The van der Waals surface area contributed by atoms with Crippen LogP contribution in [0.25, 0.3) is 0 Å². The predicted molar refractivity (Wildman–Crippen MR) is 81.9 cm³/mol. The molecule has 1 heterocycles. The number of aryl methyl sites for hydroxylation is 1. The Labute approximate surface area is 121 Å². The minimum atomic E-state index is -2.81. The highest BCUT2D eigenvalue weighted by Gasteiger charge is 2.23. The topological polar surface area (TPSA) is 49.4 Å². The van der Waals surface area contributed by atoms with Crippen LogP contribution in [0.1, 0.15) is 24.0 Å². The van der Waals surface area contributed by atoms with Crippen molar-refractivity contribution in [3.8, 4) is 0 Å². The van der Waals surface area contributed by atoms with Gasteiger partial charge < -0.3 is 10.2 Å². The van der Waals surface area contributed by atoms with E-state index in [-0.39, 0.29) is 11.5 Å². The Morgan fingerprint density at radius 3 is 2.55 bits per heavy atom. The summed E-state index contributed by atoms with van der Waals surface area (Å²) in [7, 11) is -2.81. The van der Waals surface area contributed by atoms with Crippen molar-refractivity contribution in [1.29, 1.82) is 0 Å². The molecule has 0 bridgehead atoms. The summed E-state index contributed by atoms with van der Waals surface area (Å²) in [5.41, 5.74) is 3.72. The van der Waals surface area contributed by atoms with Gasteiger partial charge in [-0.3, -0.25) is 0 Å². The summed E-state index contributed by atoms with van der Waals surface area (Å²) in [5.74, 6) is 0.550. The van der Waals surface area contributed by atoms with Crippen molar-refractivity contribution < 1.29 is 8.42 Å². The van der Waals surface area contributed by atoms with E-state index >= 15 is 0 Å². The molecule has 20 heavy (non-hydrogen) atoms. The minimum absolute atomic E-state index is 0.275. The lowest BCUT2D eigenvalue weighted by Crippen LogP contribution is -2.40. The number of hydrogen-bond donors (Lipinski definition) is 1. The Hall–Kier alpha value is -1.07. The highest BCUT2D eigenvalue weighted by atomic mass is 32.2. The molecule has 0 radical (unpaired) electrons. The van der Waals surface area contributed by atoms with Crippen molar-refractivity contribution in [3.05, 3.63) is 29.3 Å². The lowest BCUT2D eigenvalue weighted by Gasteiger charge is -2.30. The fourth-order valence-electron chi connectivity index (χ4n) is 2.69. The summed E-state index contributed by atoms with van der Waals surface area (Å²) in [6.45, 7) is 4.27. The summed E-state index contributed by atoms with van der Waals surface area (Å²) in [6.07, 6.45) is 2.61. The van der Waals surface area contributed by atoms with Gasteiger partial charge in [-0.2, -0.15) is 0 Å². The first-order valence-electron chi connectivity index (χ1n) is 7.32. The van der Waals surface area contributed by atoms with Gasteiger partial charge in [0.25, 0.3) is 0 Å². The summed E-state index contributed by atoms with van der Waals surface area (Å²) in [4.78, 5) is 2.19. The molecular weight excluding hydrogens is 272 g/mol. The zero-order valence-electron chi connectivity index (χ0n) is 11.9. The second-order valence-corrected chi connectivity index (χ2v) is 8.22. The van der Waals surface area contributed by atoms with Gasteiger partial charge >= 0.3 is 0 Å². The molecule has 1 N–H and O–H groups in total. The van der Waals surface area contributed by atoms with Crippen LogP contribution in [-0.4, -0.2) is 39.1 Å². The third-order valence-electron chi connectivity index (χ3n) is 4.12. The molecule has 1 aliphatic carbocycles. The molecule has 2 aliphatic rings. The van der Waals surface area contributed by atoms with Gasteiger partial charge in [0.15, 0.2) is 9.84 Å². The molecule has 110 valence electrons. The molecule has 3 rings (SSSR count). The second-order valence-electron chi connectivity index (χ2n) is 5.91. The number of rotatable bonds is 4. The quantitative estimate of drug-likeness (QED) is 0.914. The van der Waals surface area contributed by atoms with E-state index in [1.807, 2.05) is 0 Å². The van der Waals surface area contributed by atoms with Gasteiger partial charge in [0, 0.05) is 31.4 Å². The Kier molecular flexibility index (Phi) is 3.73. The molecule has 0 amide bonds. The smallest absolute Gasteiger partial charge is 0.153 e. The highest BCUT2D eigenvalue weighted by Crippen LogP contribution is 2.24. The lowest BCUT2D eigenvalue weighted by atomic mass is 10.1. The molecule has 0 spiro atoms. The van der Waals surface area contributed by atoms with E-state index < -0.39 is 9.84 Å². The van der Waals surface area contributed by atoms with Crippen LogP contribution in [0.3, 0.4) is 0 Å². The normalized spacial score (nSPS) is 21.9. The first-order chi connectivity index (χ1) is 9.53.